The Hall–Kier alpha value is -3.52. The number of imidazole rings is 1. The van der Waals surface area contributed by atoms with Crippen LogP contribution in [0.5, 0.6) is 0 Å². The minimum absolute atomic E-state index is 0.111. The smallest absolute Gasteiger partial charge is 0.240 e. The van der Waals surface area contributed by atoms with Gasteiger partial charge < -0.3 is 15.0 Å². The van der Waals surface area contributed by atoms with Crippen LogP contribution >= 0.6 is 0 Å². The number of sulfonamides is 1. The molecule has 2 aromatic carbocycles. The highest BCUT2D eigenvalue weighted by molar-refractivity contribution is 7.89. The molecule has 0 spiro atoms. The van der Waals surface area contributed by atoms with Gasteiger partial charge in [0.05, 0.1) is 40.8 Å². The number of anilines is 1. The van der Waals surface area contributed by atoms with E-state index in [4.69, 9.17) is 20.7 Å². The van der Waals surface area contributed by atoms with E-state index in [-0.39, 0.29) is 18.0 Å². The van der Waals surface area contributed by atoms with Crippen LogP contribution in [0.15, 0.2) is 53.4 Å². The second-order valence-corrected chi connectivity index (χ2v) is 9.91. The normalized spacial score (nSPS) is 11.8. The largest absolute Gasteiger partial charge is 0.382 e. The third-order valence-corrected chi connectivity index (χ3v) is 7.21. The van der Waals surface area contributed by atoms with Gasteiger partial charge >= 0.3 is 0 Å². The number of aryl methyl sites for hydroxylation is 1. The molecule has 10 heteroatoms. The Morgan fingerprint density at radius 2 is 1.89 bits per heavy atom. The number of benzene rings is 2. The lowest BCUT2D eigenvalue weighted by atomic mass is 10.2. The van der Waals surface area contributed by atoms with Gasteiger partial charge in [0, 0.05) is 24.9 Å². The van der Waals surface area contributed by atoms with E-state index < -0.39 is 10.0 Å². The molecule has 0 saturated heterocycles. The van der Waals surface area contributed by atoms with Crippen LogP contribution in [0.3, 0.4) is 0 Å². The minimum atomic E-state index is -3.67. The maximum Gasteiger partial charge on any atom is 0.240 e. The first kappa shape index (κ1) is 24.6. The van der Waals surface area contributed by atoms with E-state index in [1.807, 2.05) is 30.3 Å². The highest BCUT2D eigenvalue weighted by Gasteiger charge is 2.17. The second kappa shape index (κ2) is 10.8. The van der Waals surface area contributed by atoms with Crippen molar-refractivity contribution in [3.05, 3.63) is 59.9 Å². The van der Waals surface area contributed by atoms with Gasteiger partial charge in [-0.25, -0.2) is 23.1 Å². The van der Waals surface area contributed by atoms with Crippen molar-refractivity contribution in [2.75, 3.05) is 25.5 Å². The topological polar surface area (TPSA) is 136 Å². The molecule has 0 radical (unpaired) electrons. The van der Waals surface area contributed by atoms with Gasteiger partial charge in [-0.1, -0.05) is 31.5 Å². The first-order valence-corrected chi connectivity index (χ1v) is 13.0. The fourth-order valence-electron chi connectivity index (χ4n) is 3.97. The van der Waals surface area contributed by atoms with Gasteiger partial charge in [-0.05, 0) is 36.8 Å². The SMILES string of the molecule is CCCCc1nc2c(N)nc3ccccc3c2n1CCOCCNS(=O)(=O)c1ccc(C#N)cc1. The molecule has 3 N–H and O–H groups in total. The molecule has 0 aliphatic heterocycles. The molecule has 182 valence electrons. The van der Waals surface area contributed by atoms with Crippen LogP contribution in [0.25, 0.3) is 21.9 Å². The summed E-state index contributed by atoms with van der Waals surface area (Å²) in [6, 6.07) is 15.6. The summed E-state index contributed by atoms with van der Waals surface area (Å²) in [6.07, 6.45) is 2.88. The molecule has 4 aromatic rings. The summed E-state index contributed by atoms with van der Waals surface area (Å²) in [4.78, 5) is 9.42. The van der Waals surface area contributed by atoms with E-state index in [2.05, 4.69) is 21.2 Å². The highest BCUT2D eigenvalue weighted by Crippen LogP contribution is 2.29. The number of nitrogens with two attached hydrogens (primary N) is 1. The molecule has 2 heterocycles. The number of unbranched alkanes of at least 4 members (excludes halogenated alkanes) is 1. The summed E-state index contributed by atoms with van der Waals surface area (Å²) in [5.41, 5.74) is 9.10. The van der Waals surface area contributed by atoms with Crippen LogP contribution < -0.4 is 10.5 Å². The number of fused-ring (bicyclic) bond motifs is 3. The van der Waals surface area contributed by atoms with Gasteiger partial charge in [0.15, 0.2) is 5.82 Å². The Bertz CT molecular complexity index is 1470. The number of aromatic nitrogens is 3. The molecule has 0 fully saturated rings. The molecule has 4 rings (SSSR count). The number of nitrogens with zero attached hydrogens (tertiary/aromatic N) is 4. The van der Waals surface area contributed by atoms with Crippen LogP contribution in [-0.4, -0.2) is 42.7 Å². The highest BCUT2D eigenvalue weighted by atomic mass is 32.2. The van der Waals surface area contributed by atoms with Crippen LogP contribution in [-0.2, 0) is 27.7 Å². The van der Waals surface area contributed by atoms with E-state index in [9.17, 15) is 8.42 Å². The summed E-state index contributed by atoms with van der Waals surface area (Å²) in [6.45, 7) is 3.44. The van der Waals surface area contributed by atoms with Gasteiger partial charge in [-0.2, -0.15) is 5.26 Å². The van der Waals surface area contributed by atoms with Crippen molar-refractivity contribution >= 4 is 37.8 Å². The van der Waals surface area contributed by atoms with Gasteiger partial charge in [-0.15, -0.1) is 0 Å². The Morgan fingerprint density at radius 3 is 2.63 bits per heavy atom. The number of nitrogen functional groups attached to an aromatic ring is 1. The molecule has 2 aromatic heterocycles. The lowest BCUT2D eigenvalue weighted by Gasteiger charge is -2.12. The molecule has 35 heavy (non-hydrogen) atoms. The maximum atomic E-state index is 12.4. The third kappa shape index (κ3) is 5.43. The van der Waals surface area contributed by atoms with Crippen molar-refractivity contribution < 1.29 is 13.2 Å². The molecule has 0 amide bonds. The molecule has 9 nitrogen and oxygen atoms in total. The summed E-state index contributed by atoms with van der Waals surface area (Å²) >= 11 is 0. The first-order chi connectivity index (χ1) is 16.9. The van der Waals surface area contributed by atoms with Gasteiger partial charge in [0.2, 0.25) is 10.0 Å². The van der Waals surface area contributed by atoms with Crippen molar-refractivity contribution in [3.63, 3.8) is 0 Å². The summed E-state index contributed by atoms with van der Waals surface area (Å²) in [5.74, 6) is 1.35. The fourth-order valence-corrected chi connectivity index (χ4v) is 4.98. The lowest BCUT2D eigenvalue weighted by molar-refractivity contribution is 0.131. The molecule has 0 unspecified atom stereocenters. The average molecular weight is 493 g/mol. The van der Waals surface area contributed by atoms with Crippen LogP contribution in [0.4, 0.5) is 5.82 Å². The second-order valence-electron chi connectivity index (χ2n) is 8.14. The standard InChI is InChI=1S/C25H28N6O3S/c1-2-3-8-22-30-23-24(20-6-4-5-7-21(20)29-25(23)27)31(22)14-16-34-15-13-28-35(32,33)19-11-9-18(17-26)10-12-19/h4-7,9-12,28H,2-3,8,13-16H2,1H3,(H2,27,29). The summed E-state index contributed by atoms with van der Waals surface area (Å²) in [5, 5.41) is 9.85. The number of nitriles is 1. The predicted molar refractivity (Wildman–Crippen MR) is 135 cm³/mol. The van der Waals surface area contributed by atoms with Crippen LogP contribution in [0.1, 0.15) is 31.2 Å². The molecule has 0 atom stereocenters. The molecular formula is C25H28N6O3S. The van der Waals surface area contributed by atoms with Gasteiger partial charge in [-0.3, -0.25) is 0 Å². The van der Waals surface area contributed by atoms with Crippen LogP contribution in [0, 0.1) is 11.3 Å². The average Bonchev–Trinajstić information content (AvgIpc) is 3.24. The number of para-hydroxylation sites is 1. The number of pyridine rings is 1. The molecule has 0 bridgehead atoms. The van der Waals surface area contributed by atoms with Gasteiger partial charge in [0.25, 0.3) is 0 Å². The van der Waals surface area contributed by atoms with Crippen LogP contribution in [0.2, 0.25) is 0 Å². The quantitative estimate of drug-likeness (QED) is 0.306. The zero-order valence-electron chi connectivity index (χ0n) is 19.6. The summed E-state index contributed by atoms with van der Waals surface area (Å²) in [7, 11) is -3.67. The lowest BCUT2D eigenvalue weighted by Crippen LogP contribution is -2.27. The van der Waals surface area contributed by atoms with E-state index in [0.29, 0.717) is 30.0 Å². The molecule has 0 aliphatic carbocycles. The Morgan fingerprint density at radius 1 is 1.11 bits per heavy atom. The Balaban J connectivity index is 1.42. The molecule has 0 saturated carbocycles. The number of hydrogen-bond acceptors (Lipinski definition) is 7. The third-order valence-electron chi connectivity index (χ3n) is 5.73. The van der Waals surface area contributed by atoms with E-state index >= 15 is 0 Å². The van der Waals surface area contributed by atoms with Crippen molar-refractivity contribution in [2.24, 2.45) is 0 Å². The van der Waals surface area contributed by atoms with E-state index in [0.717, 1.165) is 41.5 Å². The minimum Gasteiger partial charge on any atom is -0.382 e. The van der Waals surface area contributed by atoms with Crippen molar-refractivity contribution in [1.82, 2.24) is 19.3 Å². The molecule has 0 aliphatic rings. The van der Waals surface area contributed by atoms with E-state index in [1.165, 1.54) is 24.3 Å². The maximum absolute atomic E-state index is 12.4. The van der Waals surface area contributed by atoms with E-state index in [1.54, 1.807) is 0 Å². The van der Waals surface area contributed by atoms with Crippen molar-refractivity contribution in [1.29, 1.82) is 5.26 Å². The number of rotatable bonds is 11. The van der Waals surface area contributed by atoms with Crippen molar-refractivity contribution in [3.8, 4) is 6.07 Å². The number of ether oxygens (including phenoxy) is 1. The Kier molecular flexibility index (Phi) is 7.60. The predicted octanol–water partition coefficient (Wildman–Crippen LogP) is 3.38. The monoisotopic (exact) mass is 492 g/mol. The number of hydrogen-bond donors (Lipinski definition) is 2. The summed E-state index contributed by atoms with van der Waals surface area (Å²) < 4.78 is 35.3. The zero-order valence-corrected chi connectivity index (χ0v) is 20.4. The first-order valence-electron chi connectivity index (χ1n) is 11.6. The Labute approximate surface area is 204 Å². The van der Waals surface area contributed by atoms with Gasteiger partial charge in [0.1, 0.15) is 11.3 Å². The zero-order chi connectivity index (χ0) is 24.8. The number of nitrogens with one attached hydrogen (secondary N) is 1. The molecular weight excluding hydrogens is 464 g/mol. The van der Waals surface area contributed by atoms with Crippen molar-refractivity contribution in [2.45, 2.75) is 37.6 Å². The fraction of sp³-hybridized carbons (Fsp3) is 0.320.